The van der Waals surface area contributed by atoms with Crippen LogP contribution in [-0.2, 0) is 22.6 Å². The van der Waals surface area contributed by atoms with E-state index in [0.717, 1.165) is 13.1 Å². The van der Waals surface area contributed by atoms with Gasteiger partial charge >= 0.3 is 5.97 Å². The second kappa shape index (κ2) is 9.01. The van der Waals surface area contributed by atoms with Crippen LogP contribution in [-0.4, -0.2) is 22.0 Å². The van der Waals surface area contributed by atoms with Crippen molar-refractivity contribution in [3.63, 3.8) is 0 Å². The first kappa shape index (κ1) is 20.9. The van der Waals surface area contributed by atoms with Crippen LogP contribution in [0.2, 0.25) is 0 Å². The summed E-state index contributed by atoms with van der Waals surface area (Å²) in [5.41, 5.74) is 1.68. The second-order valence-corrected chi connectivity index (χ2v) is 8.35. The Balaban J connectivity index is 2.20. The van der Waals surface area contributed by atoms with Crippen LogP contribution in [0.15, 0.2) is 72.8 Å². The van der Waals surface area contributed by atoms with E-state index in [4.69, 9.17) is 4.74 Å². The van der Waals surface area contributed by atoms with Crippen molar-refractivity contribution in [1.82, 2.24) is 4.90 Å². The molecule has 0 saturated carbocycles. The van der Waals surface area contributed by atoms with Crippen molar-refractivity contribution >= 4 is 5.97 Å². The molecule has 3 nitrogen and oxygen atoms in total. The largest absolute Gasteiger partial charge is 0.457 e. The minimum Gasteiger partial charge on any atom is -0.457 e. The minimum absolute atomic E-state index is 0.310. The number of benzene rings is 2. The predicted octanol–water partition coefficient (Wildman–Crippen LogP) is 5.37. The van der Waals surface area contributed by atoms with E-state index in [9.17, 15) is 4.79 Å². The number of nitrogens with zero attached hydrogens (tertiary/aromatic N) is 1. The fourth-order valence-electron chi connectivity index (χ4n) is 2.78. The molecule has 0 aliphatic rings. The molecule has 0 unspecified atom stereocenters. The minimum atomic E-state index is -0.487. The molecule has 0 fully saturated rings. The van der Waals surface area contributed by atoms with Gasteiger partial charge in [-0.25, -0.2) is 4.79 Å². The molecule has 2 aromatic rings. The fourth-order valence-corrected chi connectivity index (χ4v) is 2.78. The summed E-state index contributed by atoms with van der Waals surface area (Å²) < 4.78 is 5.41. The Bertz CT molecular complexity index is 701. The van der Waals surface area contributed by atoms with Gasteiger partial charge in [-0.05, 0) is 45.7 Å². The zero-order chi connectivity index (χ0) is 19.9. The van der Waals surface area contributed by atoms with Crippen LogP contribution in [0.1, 0.15) is 45.7 Å². The Hall–Kier alpha value is -2.39. The first-order valence-electron chi connectivity index (χ1n) is 9.41. The molecular formula is C24H31NO2. The molecule has 2 rings (SSSR count). The highest BCUT2D eigenvalue weighted by Crippen LogP contribution is 2.23. The van der Waals surface area contributed by atoms with E-state index in [2.05, 4.69) is 67.3 Å². The SMILES string of the molecule is CC(C)(C)OC(=O)/C=C/C(C)(C)N(Cc1ccccc1)Cc1ccccc1. The Kier molecular flexibility index (Phi) is 6.98. The molecule has 0 aromatic heterocycles. The van der Waals surface area contributed by atoms with E-state index in [1.54, 1.807) is 6.08 Å². The maximum atomic E-state index is 12.1. The predicted molar refractivity (Wildman–Crippen MR) is 111 cm³/mol. The van der Waals surface area contributed by atoms with Crippen LogP contribution < -0.4 is 0 Å². The molecule has 27 heavy (non-hydrogen) atoms. The lowest BCUT2D eigenvalue weighted by molar-refractivity contribution is -0.148. The molecule has 0 atom stereocenters. The molecule has 0 aliphatic heterocycles. The van der Waals surface area contributed by atoms with Crippen LogP contribution in [0, 0.1) is 0 Å². The number of esters is 1. The van der Waals surface area contributed by atoms with E-state index in [1.807, 2.05) is 39.0 Å². The molecular weight excluding hydrogens is 334 g/mol. The first-order chi connectivity index (χ1) is 12.7. The standard InChI is InChI=1S/C24H31NO2/c1-23(2,3)27-22(26)16-17-24(4,5)25(18-20-12-8-6-9-13-20)19-21-14-10-7-11-15-21/h6-17H,18-19H2,1-5H3/b17-16+. The van der Waals surface area contributed by atoms with E-state index in [1.165, 1.54) is 11.1 Å². The summed E-state index contributed by atoms with van der Waals surface area (Å²) >= 11 is 0. The van der Waals surface area contributed by atoms with Crippen molar-refractivity contribution < 1.29 is 9.53 Å². The average Bonchev–Trinajstić information content (AvgIpc) is 2.60. The van der Waals surface area contributed by atoms with Gasteiger partial charge in [-0.2, -0.15) is 0 Å². The van der Waals surface area contributed by atoms with Gasteiger partial charge in [0.05, 0.1) is 0 Å². The van der Waals surface area contributed by atoms with E-state index >= 15 is 0 Å². The summed E-state index contributed by atoms with van der Waals surface area (Å²) in [7, 11) is 0. The zero-order valence-electron chi connectivity index (χ0n) is 17.1. The maximum absolute atomic E-state index is 12.1. The summed E-state index contributed by atoms with van der Waals surface area (Å²) in [5.74, 6) is -0.310. The van der Waals surface area contributed by atoms with Crippen molar-refractivity contribution in [2.45, 2.75) is 58.8 Å². The normalized spacial score (nSPS) is 12.5. The highest BCUT2D eigenvalue weighted by atomic mass is 16.6. The highest BCUT2D eigenvalue weighted by Gasteiger charge is 2.25. The van der Waals surface area contributed by atoms with Gasteiger partial charge in [0, 0.05) is 24.7 Å². The number of carbonyl (C=O) groups excluding carboxylic acids is 1. The molecule has 0 bridgehead atoms. The van der Waals surface area contributed by atoms with Gasteiger partial charge in [-0.1, -0.05) is 66.7 Å². The molecule has 0 saturated heterocycles. The van der Waals surface area contributed by atoms with Gasteiger partial charge in [0.1, 0.15) is 5.60 Å². The first-order valence-corrected chi connectivity index (χ1v) is 9.41. The third-order valence-electron chi connectivity index (χ3n) is 4.28. The highest BCUT2D eigenvalue weighted by molar-refractivity contribution is 5.82. The quantitative estimate of drug-likeness (QED) is 0.488. The Labute approximate surface area is 163 Å². The third kappa shape index (κ3) is 7.40. The summed E-state index contributed by atoms with van der Waals surface area (Å²) in [5, 5.41) is 0. The van der Waals surface area contributed by atoms with Crippen molar-refractivity contribution in [2.24, 2.45) is 0 Å². The van der Waals surface area contributed by atoms with E-state index < -0.39 is 5.60 Å². The molecule has 0 heterocycles. The Morgan fingerprint density at radius 3 is 1.70 bits per heavy atom. The van der Waals surface area contributed by atoms with Gasteiger partial charge < -0.3 is 4.74 Å². The molecule has 0 radical (unpaired) electrons. The topological polar surface area (TPSA) is 29.5 Å². The summed E-state index contributed by atoms with van der Waals surface area (Å²) in [6.07, 6.45) is 3.49. The molecule has 0 N–H and O–H groups in total. The summed E-state index contributed by atoms with van der Waals surface area (Å²) in [6.45, 7) is 11.5. The molecule has 0 aliphatic carbocycles. The van der Waals surface area contributed by atoms with E-state index in [-0.39, 0.29) is 11.5 Å². The number of rotatable bonds is 7. The van der Waals surface area contributed by atoms with Crippen LogP contribution in [0.4, 0.5) is 0 Å². The van der Waals surface area contributed by atoms with Gasteiger partial charge in [0.25, 0.3) is 0 Å². The van der Waals surface area contributed by atoms with Crippen LogP contribution in [0.5, 0.6) is 0 Å². The number of ether oxygens (including phenoxy) is 1. The molecule has 144 valence electrons. The van der Waals surface area contributed by atoms with Crippen LogP contribution >= 0.6 is 0 Å². The van der Waals surface area contributed by atoms with Crippen LogP contribution in [0.3, 0.4) is 0 Å². The second-order valence-electron chi connectivity index (χ2n) is 8.35. The smallest absolute Gasteiger partial charge is 0.331 e. The van der Waals surface area contributed by atoms with Crippen molar-refractivity contribution in [3.05, 3.63) is 83.9 Å². The van der Waals surface area contributed by atoms with Gasteiger partial charge in [-0.15, -0.1) is 0 Å². The molecule has 0 spiro atoms. The maximum Gasteiger partial charge on any atom is 0.331 e. The third-order valence-corrected chi connectivity index (χ3v) is 4.28. The fraction of sp³-hybridized carbons (Fsp3) is 0.375. The zero-order valence-corrected chi connectivity index (χ0v) is 17.1. The number of carbonyl (C=O) groups is 1. The van der Waals surface area contributed by atoms with Crippen molar-refractivity contribution in [2.75, 3.05) is 0 Å². The van der Waals surface area contributed by atoms with E-state index in [0.29, 0.717) is 0 Å². The monoisotopic (exact) mass is 365 g/mol. The molecule has 0 amide bonds. The van der Waals surface area contributed by atoms with Crippen molar-refractivity contribution in [1.29, 1.82) is 0 Å². The molecule has 3 heteroatoms. The summed E-state index contributed by atoms with van der Waals surface area (Å²) in [4.78, 5) is 14.5. The average molecular weight is 366 g/mol. The lowest BCUT2D eigenvalue weighted by Gasteiger charge is -2.36. The van der Waals surface area contributed by atoms with Gasteiger partial charge in [-0.3, -0.25) is 4.90 Å². The van der Waals surface area contributed by atoms with Gasteiger partial charge in [0.2, 0.25) is 0 Å². The van der Waals surface area contributed by atoms with Crippen molar-refractivity contribution in [3.8, 4) is 0 Å². The Morgan fingerprint density at radius 1 is 0.852 bits per heavy atom. The summed E-state index contributed by atoms with van der Waals surface area (Å²) in [6, 6.07) is 20.8. The van der Waals surface area contributed by atoms with Crippen LogP contribution in [0.25, 0.3) is 0 Å². The Morgan fingerprint density at radius 2 is 1.30 bits per heavy atom. The lowest BCUT2D eigenvalue weighted by Crippen LogP contribution is -2.41. The van der Waals surface area contributed by atoms with Gasteiger partial charge in [0.15, 0.2) is 0 Å². The molecule has 2 aromatic carbocycles. The number of hydrogen-bond acceptors (Lipinski definition) is 3. The lowest BCUT2D eigenvalue weighted by atomic mass is 9.99. The number of hydrogen-bond donors (Lipinski definition) is 0.